The minimum absolute atomic E-state index is 0.0146. The minimum Gasteiger partial charge on any atom is -0.481 e. The molecule has 7 nitrogen and oxygen atoms in total. The molecular formula is C15H19N3O4. The lowest BCUT2D eigenvalue weighted by Gasteiger charge is -2.21. The highest BCUT2D eigenvalue weighted by Gasteiger charge is 2.38. The second-order valence-corrected chi connectivity index (χ2v) is 5.23. The van der Waals surface area contributed by atoms with Crippen molar-refractivity contribution in [3.05, 3.63) is 30.3 Å². The van der Waals surface area contributed by atoms with Crippen LogP contribution in [0.25, 0.3) is 0 Å². The van der Waals surface area contributed by atoms with E-state index in [4.69, 9.17) is 5.11 Å². The number of hydrogen-bond acceptors (Lipinski definition) is 3. The third kappa shape index (κ3) is 3.75. The highest BCUT2D eigenvalue weighted by molar-refractivity contribution is 6.01. The molecule has 1 aromatic rings. The van der Waals surface area contributed by atoms with Crippen LogP contribution in [0.3, 0.4) is 0 Å². The van der Waals surface area contributed by atoms with E-state index in [0.29, 0.717) is 6.42 Å². The van der Waals surface area contributed by atoms with Crippen molar-refractivity contribution in [3.8, 4) is 0 Å². The number of carboxylic acid groups (broad SMARTS) is 1. The lowest BCUT2D eigenvalue weighted by molar-refractivity contribution is -0.136. The number of carbonyl (C=O) groups excluding carboxylic acids is 2. The first-order valence-electron chi connectivity index (χ1n) is 7.13. The van der Waals surface area contributed by atoms with Gasteiger partial charge in [0.05, 0.1) is 6.42 Å². The summed E-state index contributed by atoms with van der Waals surface area (Å²) in [5, 5.41) is 13.5. The first-order valence-corrected chi connectivity index (χ1v) is 7.13. The van der Waals surface area contributed by atoms with Crippen molar-refractivity contribution in [3.63, 3.8) is 0 Å². The van der Waals surface area contributed by atoms with Crippen molar-refractivity contribution < 1.29 is 19.5 Å². The van der Waals surface area contributed by atoms with E-state index in [0.717, 1.165) is 5.69 Å². The zero-order valence-electron chi connectivity index (χ0n) is 12.3. The number of carbonyl (C=O) groups is 3. The van der Waals surface area contributed by atoms with E-state index in [-0.39, 0.29) is 24.9 Å². The monoisotopic (exact) mass is 305 g/mol. The van der Waals surface area contributed by atoms with Gasteiger partial charge in [-0.25, -0.2) is 4.79 Å². The average molecular weight is 305 g/mol. The SMILES string of the molecule is CC1CC(NC(=O)NCCC(=O)O)C(=O)N1c1ccccc1. The van der Waals surface area contributed by atoms with Crippen LogP contribution in [0.2, 0.25) is 0 Å². The Morgan fingerprint density at radius 3 is 2.64 bits per heavy atom. The number of rotatable bonds is 5. The summed E-state index contributed by atoms with van der Waals surface area (Å²) in [7, 11) is 0. The molecule has 1 heterocycles. The maximum Gasteiger partial charge on any atom is 0.315 e. The van der Waals surface area contributed by atoms with Crippen LogP contribution in [0.15, 0.2) is 30.3 Å². The molecule has 0 aliphatic carbocycles. The van der Waals surface area contributed by atoms with E-state index >= 15 is 0 Å². The van der Waals surface area contributed by atoms with Gasteiger partial charge in [0.15, 0.2) is 0 Å². The van der Waals surface area contributed by atoms with Crippen molar-refractivity contribution in [1.82, 2.24) is 10.6 Å². The number of nitrogens with one attached hydrogen (secondary N) is 2. The van der Waals surface area contributed by atoms with Crippen LogP contribution in [0, 0.1) is 0 Å². The number of anilines is 1. The predicted molar refractivity (Wildman–Crippen MR) is 80.6 cm³/mol. The second-order valence-electron chi connectivity index (χ2n) is 5.23. The number of para-hydroxylation sites is 1. The largest absolute Gasteiger partial charge is 0.481 e. The Balaban J connectivity index is 1.93. The molecule has 3 amide bonds. The van der Waals surface area contributed by atoms with E-state index in [1.807, 2.05) is 37.3 Å². The fourth-order valence-corrected chi connectivity index (χ4v) is 2.52. The van der Waals surface area contributed by atoms with Gasteiger partial charge < -0.3 is 20.6 Å². The van der Waals surface area contributed by atoms with Crippen LogP contribution in [0.1, 0.15) is 19.8 Å². The van der Waals surface area contributed by atoms with E-state index in [1.54, 1.807) is 4.90 Å². The zero-order valence-corrected chi connectivity index (χ0v) is 12.3. The lowest BCUT2D eigenvalue weighted by Crippen LogP contribution is -2.46. The van der Waals surface area contributed by atoms with Crippen LogP contribution in [0.5, 0.6) is 0 Å². The molecule has 7 heteroatoms. The minimum atomic E-state index is -0.985. The Kier molecular flexibility index (Phi) is 4.98. The first kappa shape index (κ1) is 15.8. The summed E-state index contributed by atoms with van der Waals surface area (Å²) in [6.07, 6.45) is 0.360. The predicted octanol–water partition coefficient (Wildman–Crippen LogP) is 0.954. The normalized spacial score (nSPS) is 20.8. The summed E-state index contributed by atoms with van der Waals surface area (Å²) in [5.74, 6) is -1.15. The van der Waals surface area contributed by atoms with Crippen molar-refractivity contribution in [2.45, 2.75) is 31.8 Å². The Bertz CT molecular complexity index is 561. The third-order valence-corrected chi connectivity index (χ3v) is 3.52. The highest BCUT2D eigenvalue weighted by atomic mass is 16.4. The molecule has 1 saturated heterocycles. The van der Waals surface area contributed by atoms with Crippen molar-refractivity contribution >= 4 is 23.6 Å². The van der Waals surface area contributed by atoms with Gasteiger partial charge in [-0.3, -0.25) is 9.59 Å². The Morgan fingerprint density at radius 1 is 1.32 bits per heavy atom. The van der Waals surface area contributed by atoms with Gasteiger partial charge in [0.25, 0.3) is 0 Å². The van der Waals surface area contributed by atoms with Crippen LogP contribution < -0.4 is 15.5 Å². The number of amides is 3. The quantitative estimate of drug-likeness (QED) is 0.754. The second kappa shape index (κ2) is 6.93. The lowest BCUT2D eigenvalue weighted by atomic mass is 10.2. The van der Waals surface area contributed by atoms with Crippen molar-refractivity contribution in [2.24, 2.45) is 0 Å². The summed E-state index contributed by atoms with van der Waals surface area (Å²) in [6.45, 7) is 1.95. The summed E-state index contributed by atoms with van der Waals surface area (Å²) < 4.78 is 0. The molecule has 1 aromatic carbocycles. The van der Waals surface area contributed by atoms with Crippen LogP contribution in [-0.2, 0) is 9.59 Å². The van der Waals surface area contributed by atoms with Crippen LogP contribution in [0.4, 0.5) is 10.5 Å². The number of urea groups is 1. The van der Waals surface area contributed by atoms with Gasteiger partial charge in [0.1, 0.15) is 6.04 Å². The molecule has 1 aliphatic heterocycles. The number of aliphatic carboxylic acids is 1. The molecule has 1 aliphatic rings. The highest BCUT2D eigenvalue weighted by Crippen LogP contribution is 2.26. The smallest absolute Gasteiger partial charge is 0.315 e. The number of carboxylic acids is 1. The van der Waals surface area contributed by atoms with E-state index in [9.17, 15) is 14.4 Å². The Hall–Kier alpha value is -2.57. The molecule has 2 rings (SSSR count). The topological polar surface area (TPSA) is 98.7 Å². The van der Waals surface area contributed by atoms with Crippen molar-refractivity contribution in [2.75, 3.05) is 11.4 Å². The van der Waals surface area contributed by atoms with Gasteiger partial charge in [-0.15, -0.1) is 0 Å². The molecule has 0 aromatic heterocycles. The third-order valence-electron chi connectivity index (χ3n) is 3.52. The molecule has 3 N–H and O–H groups in total. The molecule has 22 heavy (non-hydrogen) atoms. The zero-order chi connectivity index (χ0) is 16.1. The van der Waals surface area contributed by atoms with Gasteiger partial charge >= 0.3 is 12.0 Å². The standard InChI is InChI=1S/C15H19N3O4/c1-10-9-12(17-15(22)16-8-7-13(19)20)14(21)18(10)11-5-3-2-4-6-11/h2-6,10,12H,7-9H2,1H3,(H,19,20)(H2,16,17,22). The maximum absolute atomic E-state index is 12.4. The van der Waals surface area contributed by atoms with Gasteiger partial charge in [0, 0.05) is 18.3 Å². The molecule has 2 unspecified atom stereocenters. The van der Waals surface area contributed by atoms with Crippen LogP contribution in [-0.4, -0.2) is 41.6 Å². The fourth-order valence-electron chi connectivity index (χ4n) is 2.52. The van der Waals surface area contributed by atoms with Gasteiger partial charge in [0.2, 0.25) is 5.91 Å². The molecular weight excluding hydrogens is 286 g/mol. The molecule has 0 saturated carbocycles. The van der Waals surface area contributed by atoms with E-state index in [2.05, 4.69) is 10.6 Å². The molecule has 0 bridgehead atoms. The molecule has 118 valence electrons. The summed E-state index contributed by atoms with van der Waals surface area (Å²) in [6, 6.07) is 8.15. The average Bonchev–Trinajstić information content (AvgIpc) is 2.74. The number of nitrogens with zero attached hydrogens (tertiary/aromatic N) is 1. The first-order chi connectivity index (χ1) is 10.5. The van der Waals surface area contributed by atoms with Gasteiger partial charge in [-0.1, -0.05) is 18.2 Å². The summed E-state index contributed by atoms with van der Waals surface area (Å²) in [5.41, 5.74) is 0.801. The van der Waals surface area contributed by atoms with Gasteiger partial charge in [-0.05, 0) is 25.5 Å². The number of benzene rings is 1. The molecule has 0 spiro atoms. The van der Waals surface area contributed by atoms with Crippen molar-refractivity contribution in [1.29, 1.82) is 0 Å². The summed E-state index contributed by atoms with van der Waals surface area (Å²) in [4.78, 5) is 36.2. The molecule has 1 fully saturated rings. The Labute approximate surface area is 128 Å². The molecule has 0 radical (unpaired) electrons. The van der Waals surface area contributed by atoms with E-state index in [1.165, 1.54) is 0 Å². The maximum atomic E-state index is 12.4. The van der Waals surface area contributed by atoms with Gasteiger partial charge in [-0.2, -0.15) is 0 Å². The Morgan fingerprint density at radius 2 is 2.00 bits per heavy atom. The van der Waals surface area contributed by atoms with Crippen LogP contribution >= 0.6 is 0 Å². The van der Waals surface area contributed by atoms with E-state index < -0.39 is 18.0 Å². The molecule has 2 atom stereocenters. The fraction of sp³-hybridized carbons (Fsp3) is 0.400. The summed E-state index contributed by atoms with van der Waals surface area (Å²) >= 11 is 0. The number of hydrogen-bond donors (Lipinski definition) is 3.